The van der Waals surface area contributed by atoms with Gasteiger partial charge in [-0.05, 0) is 49.4 Å². The molecule has 0 fully saturated rings. The largest absolute Gasteiger partial charge is 0.472 e. The zero-order valence-electron chi connectivity index (χ0n) is 63.0. The number of esters is 4. The molecule has 3 unspecified atom stereocenters. The molecule has 0 aliphatic heterocycles. The summed E-state index contributed by atoms with van der Waals surface area (Å²) in [5, 5.41) is 10.6. The number of rotatable bonds is 74. The van der Waals surface area contributed by atoms with Gasteiger partial charge in [0.05, 0.1) is 26.4 Å². The van der Waals surface area contributed by atoms with E-state index in [0.29, 0.717) is 31.6 Å². The van der Waals surface area contributed by atoms with E-state index >= 15 is 0 Å². The predicted molar refractivity (Wildman–Crippen MR) is 391 cm³/mol. The van der Waals surface area contributed by atoms with E-state index in [4.69, 9.17) is 37.0 Å². The number of aliphatic hydroxyl groups is 1. The lowest BCUT2D eigenvalue weighted by molar-refractivity contribution is -0.161. The molecule has 0 saturated heterocycles. The van der Waals surface area contributed by atoms with E-state index in [-0.39, 0.29) is 25.7 Å². The molecule has 0 aliphatic rings. The monoisotopic (exact) mass is 1410 g/mol. The van der Waals surface area contributed by atoms with Crippen LogP contribution in [-0.4, -0.2) is 96.7 Å². The van der Waals surface area contributed by atoms with Crippen molar-refractivity contribution >= 4 is 39.5 Å². The number of hydrogen-bond donors (Lipinski definition) is 3. The molecule has 570 valence electrons. The van der Waals surface area contributed by atoms with Crippen LogP contribution < -0.4 is 0 Å². The standard InChI is InChI=1S/C77H150O17P2/c1-67(2)53-45-37-29-22-18-14-11-9-10-12-16-20-24-34-43-51-59-77(82)94-73(64-88-75(80)58-50-42-36-28-32-40-48-56-70(7)8)66-92-96(85,86)90-62-71(78)61-89-95(83,84)91-65-72(63-87-74(79)57-49-41-33-27-26-31-39-47-55-69(5)6)93-76(81)60-52-44-35-25-21-17-13-15-19-23-30-38-46-54-68(3)4/h67-73,78H,9-66H2,1-8H3,(H,83,84)(H,85,86)/t71?,72-,73-/m1/s1. The number of phosphoric ester groups is 2. The first-order chi connectivity index (χ1) is 46.1. The number of aliphatic hydroxyl groups excluding tert-OH is 1. The molecule has 0 spiro atoms. The van der Waals surface area contributed by atoms with Crippen molar-refractivity contribution in [1.82, 2.24) is 0 Å². The first-order valence-electron chi connectivity index (χ1n) is 39.7. The minimum absolute atomic E-state index is 0.106. The lowest BCUT2D eigenvalue weighted by Crippen LogP contribution is -2.30. The van der Waals surface area contributed by atoms with Gasteiger partial charge in [0.1, 0.15) is 19.3 Å². The molecule has 17 nitrogen and oxygen atoms in total. The van der Waals surface area contributed by atoms with Gasteiger partial charge in [0.15, 0.2) is 12.2 Å². The van der Waals surface area contributed by atoms with Crippen molar-refractivity contribution in [3.8, 4) is 0 Å². The van der Waals surface area contributed by atoms with Crippen LogP contribution in [0.3, 0.4) is 0 Å². The van der Waals surface area contributed by atoms with Gasteiger partial charge in [0.2, 0.25) is 0 Å². The van der Waals surface area contributed by atoms with E-state index in [1.165, 1.54) is 186 Å². The van der Waals surface area contributed by atoms with E-state index in [9.17, 15) is 43.2 Å². The van der Waals surface area contributed by atoms with E-state index in [1.807, 2.05) is 0 Å². The Morgan fingerprint density at radius 2 is 0.438 bits per heavy atom. The molecular formula is C77H150O17P2. The summed E-state index contributed by atoms with van der Waals surface area (Å²) in [6, 6.07) is 0. The molecule has 0 aromatic rings. The van der Waals surface area contributed by atoms with Gasteiger partial charge >= 0.3 is 39.5 Å². The SMILES string of the molecule is CC(C)CCCCCCCCCCCCCCCCCCC(=O)O[C@H](COC(=O)CCCCCCCCCC(C)C)COP(=O)(O)OCC(O)COP(=O)(O)OC[C@@H](COC(=O)CCCCCCCCCCC(C)C)OC(=O)CCCCCCCCCCCCCCCC(C)C. The molecule has 0 amide bonds. The van der Waals surface area contributed by atoms with Crippen LogP contribution in [0.15, 0.2) is 0 Å². The number of carbonyl (C=O) groups excluding carboxylic acids is 4. The van der Waals surface area contributed by atoms with Crippen LogP contribution in [0, 0.1) is 23.7 Å². The maximum Gasteiger partial charge on any atom is 0.472 e. The van der Waals surface area contributed by atoms with Crippen LogP contribution in [0.2, 0.25) is 0 Å². The summed E-state index contributed by atoms with van der Waals surface area (Å²) in [4.78, 5) is 72.8. The normalized spacial score (nSPS) is 14.1. The first kappa shape index (κ1) is 94.1. The van der Waals surface area contributed by atoms with E-state index < -0.39 is 97.5 Å². The molecule has 0 aliphatic carbocycles. The zero-order chi connectivity index (χ0) is 71.0. The Morgan fingerprint density at radius 1 is 0.260 bits per heavy atom. The third-order valence-corrected chi connectivity index (χ3v) is 19.7. The Labute approximate surface area is 588 Å². The van der Waals surface area contributed by atoms with Gasteiger partial charge in [-0.2, -0.15) is 0 Å². The number of unbranched alkanes of at least 4 members (excludes halogenated alkanes) is 40. The molecule has 96 heavy (non-hydrogen) atoms. The highest BCUT2D eigenvalue weighted by Gasteiger charge is 2.30. The molecule has 0 aromatic carbocycles. The molecule has 0 aromatic heterocycles. The zero-order valence-corrected chi connectivity index (χ0v) is 64.8. The Hall–Kier alpha value is -1.94. The Kier molecular flexibility index (Phi) is 65.0. The summed E-state index contributed by atoms with van der Waals surface area (Å²) in [5.41, 5.74) is 0. The van der Waals surface area contributed by atoms with Gasteiger partial charge in [-0.25, -0.2) is 9.13 Å². The van der Waals surface area contributed by atoms with Gasteiger partial charge in [0.25, 0.3) is 0 Å². The minimum atomic E-state index is -4.96. The average Bonchev–Trinajstić information content (AvgIpc) is 1.12. The fraction of sp³-hybridized carbons (Fsp3) is 0.948. The van der Waals surface area contributed by atoms with Gasteiger partial charge < -0.3 is 33.8 Å². The lowest BCUT2D eigenvalue weighted by atomic mass is 10.0. The topological polar surface area (TPSA) is 237 Å². The number of phosphoric acid groups is 2. The summed E-state index contributed by atoms with van der Waals surface area (Å²) in [6.45, 7) is 14.2. The fourth-order valence-electron chi connectivity index (χ4n) is 11.7. The molecule has 0 bridgehead atoms. The van der Waals surface area contributed by atoms with Crippen molar-refractivity contribution < 1.29 is 80.2 Å². The molecule has 0 saturated carbocycles. The van der Waals surface area contributed by atoms with Crippen molar-refractivity contribution in [2.45, 2.75) is 408 Å². The number of ether oxygens (including phenoxy) is 4. The lowest BCUT2D eigenvalue weighted by Gasteiger charge is -2.21. The summed E-state index contributed by atoms with van der Waals surface area (Å²) in [5.74, 6) is 0.906. The van der Waals surface area contributed by atoms with Crippen LogP contribution in [0.1, 0.15) is 389 Å². The van der Waals surface area contributed by atoms with Crippen molar-refractivity contribution in [3.63, 3.8) is 0 Å². The van der Waals surface area contributed by atoms with Crippen LogP contribution in [0.5, 0.6) is 0 Å². The first-order valence-corrected chi connectivity index (χ1v) is 42.7. The maximum absolute atomic E-state index is 13.1. The Morgan fingerprint density at radius 3 is 0.646 bits per heavy atom. The summed E-state index contributed by atoms with van der Waals surface area (Å²) < 4.78 is 68.5. The van der Waals surface area contributed by atoms with Crippen molar-refractivity contribution in [2.75, 3.05) is 39.6 Å². The Balaban J connectivity index is 5.21. The van der Waals surface area contributed by atoms with E-state index in [2.05, 4.69) is 55.4 Å². The van der Waals surface area contributed by atoms with Gasteiger partial charge in [-0.15, -0.1) is 0 Å². The summed E-state index contributed by atoms with van der Waals surface area (Å²) >= 11 is 0. The van der Waals surface area contributed by atoms with Gasteiger partial charge in [-0.1, -0.05) is 338 Å². The minimum Gasteiger partial charge on any atom is -0.462 e. The van der Waals surface area contributed by atoms with Gasteiger partial charge in [0, 0.05) is 25.7 Å². The smallest absolute Gasteiger partial charge is 0.462 e. The van der Waals surface area contributed by atoms with Crippen molar-refractivity contribution in [2.24, 2.45) is 23.7 Å². The number of carbonyl (C=O) groups is 4. The summed E-state index contributed by atoms with van der Waals surface area (Å²) in [7, 11) is -9.91. The molecule has 5 atom stereocenters. The second kappa shape index (κ2) is 66.3. The van der Waals surface area contributed by atoms with E-state index in [0.717, 1.165) is 114 Å². The van der Waals surface area contributed by atoms with Crippen molar-refractivity contribution in [1.29, 1.82) is 0 Å². The average molecular weight is 1410 g/mol. The quantitative estimate of drug-likeness (QED) is 0.0222. The maximum atomic E-state index is 13.1. The third kappa shape index (κ3) is 70.5. The van der Waals surface area contributed by atoms with Crippen molar-refractivity contribution in [3.05, 3.63) is 0 Å². The molecule has 0 radical (unpaired) electrons. The van der Waals surface area contributed by atoms with Gasteiger partial charge in [-0.3, -0.25) is 37.3 Å². The second-order valence-electron chi connectivity index (χ2n) is 29.7. The third-order valence-electron chi connectivity index (χ3n) is 17.8. The molecule has 0 rings (SSSR count). The molecular weight excluding hydrogens is 1260 g/mol. The molecule has 19 heteroatoms. The van der Waals surface area contributed by atoms with Crippen LogP contribution in [0.4, 0.5) is 0 Å². The van der Waals surface area contributed by atoms with Crippen LogP contribution in [-0.2, 0) is 65.4 Å². The molecule has 3 N–H and O–H groups in total. The van der Waals surface area contributed by atoms with Crippen LogP contribution in [0.25, 0.3) is 0 Å². The highest BCUT2D eigenvalue weighted by Crippen LogP contribution is 2.45. The highest BCUT2D eigenvalue weighted by atomic mass is 31.2. The van der Waals surface area contributed by atoms with Crippen LogP contribution >= 0.6 is 15.6 Å². The second-order valence-corrected chi connectivity index (χ2v) is 32.6. The molecule has 0 heterocycles. The Bertz CT molecular complexity index is 1880. The predicted octanol–water partition coefficient (Wildman–Crippen LogP) is 22.4. The number of hydrogen-bond acceptors (Lipinski definition) is 15. The summed E-state index contributed by atoms with van der Waals surface area (Å²) in [6.07, 6.45) is 51.5. The van der Waals surface area contributed by atoms with E-state index in [1.54, 1.807) is 0 Å². The highest BCUT2D eigenvalue weighted by molar-refractivity contribution is 7.47. The fourth-order valence-corrected chi connectivity index (χ4v) is 13.3.